The van der Waals surface area contributed by atoms with E-state index in [1.807, 2.05) is 24.3 Å². The number of anilines is 1. The van der Waals surface area contributed by atoms with Crippen molar-refractivity contribution in [3.63, 3.8) is 0 Å². The van der Waals surface area contributed by atoms with E-state index >= 15 is 0 Å². The lowest BCUT2D eigenvalue weighted by Crippen LogP contribution is -2.36. The molecule has 0 aliphatic carbocycles. The van der Waals surface area contributed by atoms with Gasteiger partial charge in [-0.3, -0.25) is 9.36 Å². The van der Waals surface area contributed by atoms with Crippen molar-refractivity contribution < 1.29 is 14.6 Å². The van der Waals surface area contributed by atoms with Crippen LogP contribution in [-0.2, 0) is 4.74 Å². The van der Waals surface area contributed by atoms with Crippen molar-refractivity contribution in [2.75, 3.05) is 31.2 Å². The van der Waals surface area contributed by atoms with E-state index in [0.717, 1.165) is 18.8 Å². The molecule has 0 saturated carbocycles. The molecule has 2 heterocycles. The van der Waals surface area contributed by atoms with Crippen molar-refractivity contribution >= 4 is 11.7 Å². The number of rotatable bonds is 3. The second-order valence-electron chi connectivity index (χ2n) is 5.47. The summed E-state index contributed by atoms with van der Waals surface area (Å²) < 4.78 is 6.69. The predicted molar refractivity (Wildman–Crippen MR) is 86.8 cm³/mol. The zero-order chi connectivity index (χ0) is 16.4. The largest absolute Gasteiger partial charge is 0.477 e. The first kappa shape index (κ1) is 15.3. The second-order valence-corrected chi connectivity index (χ2v) is 5.47. The van der Waals surface area contributed by atoms with Crippen molar-refractivity contribution in [3.8, 4) is 5.69 Å². The molecule has 1 fully saturated rings. The maximum Gasteiger partial charge on any atom is 0.341 e. The van der Waals surface area contributed by atoms with Crippen LogP contribution in [0.2, 0.25) is 0 Å². The molecule has 1 aromatic heterocycles. The van der Waals surface area contributed by atoms with Crippen LogP contribution in [0.4, 0.5) is 5.69 Å². The Hall–Kier alpha value is -2.60. The van der Waals surface area contributed by atoms with Gasteiger partial charge >= 0.3 is 5.97 Å². The molecule has 1 saturated heterocycles. The first-order valence-corrected chi connectivity index (χ1v) is 7.46. The van der Waals surface area contributed by atoms with Crippen LogP contribution in [0.25, 0.3) is 5.69 Å². The quantitative estimate of drug-likeness (QED) is 0.933. The fraction of sp³-hybridized carbons (Fsp3) is 0.294. The Morgan fingerprint density at radius 2 is 1.70 bits per heavy atom. The Kier molecular flexibility index (Phi) is 4.16. The normalized spacial score (nSPS) is 14.7. The number of pyridine rings is 1. The predicted octanol–water partition coefficient (Wildman–Crippen LogP) is 1.68. The van der Waals surface area contributed by atoms with Crippen LogP contribution in [0.5, 0.6) is 0 Å². The summed E-state index contributed by atoms with van der Waals surface area (Å²) >= 11 is 0. The molecule has 3 rings (SSSR count). The number of aromatic nitrogens is 1. The lowest BCUT2D eigenvalue weighted by molar-refractivity contribution is 0.0693. The van der Waals surface area contributed by atoms with Crippen LogP contribution in [-0.4, -0.2) is 41.9 Å². The molecule has 1 aliphatic rings. The summed E-state index contributed by atoms with van der Waals surface area (Å²) in [5.74, 6) is -1.20. The van der Waals surface area contributed by atoms with Crippen molar-refractivity contribution in [1.29, 1.82) is 0 Å². The average Bonchev–Trinajstić information content (AvgIpc) is 2.56. The maximum atomic E-state index is 12.4. The van der Waals surface area contributed by atoms with Crippen LogP contribution >= 0.6 is 0 Å². The molecular weight excluding hydrogens is 296 g/mol. The van der Waals surface area contributed by atoms with Gasteiger partial charge in [-0.05, 0) is 42.8 Å². The summed E-state index contributed by atoms with van der Waals surface area (Å²) in [6.45, 7) is 4.72. The molecule has 0 amide bonds. The molecule has 0 spiro atoms. The summed E-state index contributed by atoms with van der Waals surface area (Å²) in [6, 6.07) is 9.17. The molecular formula is C17H18N2O4. The smallest absolute Gasteiger partial charge is 0.341 e. The number of aromatic carboxylic acids is 1. The summed E-state index contributed by atoms with van der Waals surface area (Å²) in [5, 5.41) is 9.20. The van der Waals surface area contributed by atoms with E-state index < -0.39 is 11.5 Å². The van der Waals surface area contributed by atoms with E-state index in [9.17, 15) is 14.7 Å². The number of nitrogens with zero attached hydrogens (tertiary/aromatic N) is 2. The highest BCUT2D eigenvalue weighted by molar-refractivity contribution is 5.88. The van der Waals surface area contributed by atoms with E-state index in [4.69, 9.17) is 4.74 Å². The van der Waals surface area contributed by atoms with Gasteiger partial charge in [0.15, 0.2) is 0 Å². The number of carboxylic acids is 1. The van der Waals surface area contributed by atoms with Gasteiger partial charge in [0.25, 0.3) is 5.56 Å². The molecule has 1 aliphatic heterocycles. The third-order valence-electron chi connectivity index (χ3n) is 4.02. The van der Waals surface area contributed by atoms with Gasteiger partial charge < -0.3 is 14.7 Å². The third-order valence-corrected chi connectivity index (χ3v) is 4.02. The van der Waals surface area contributed by atoms with E-state index in [1.54, 1.807) is 19.2 Å². The minimum absolute atomic E-state index is 0.190. The Bertz CT molecular complexity index is 774. The molecule has 23 heavy (non-hydrogen) atoms. The SMILES string of the molecule is Cc1ccn(-c2ccc(N3CCOCC3)cc2)c(=O)c1C(=O)O. The van der Waals surface area contributed by atoms with Crippen molar-refractivity contribution in [2.24, 2.45) is 0 Å². The average molecular weight is 314 g/mol. The van der Waals surface area contributed by atoms with E-state index in [-0.39, 0.29) is 5.56 Å². The first-order valence-electron chi connectivity index (χ1n) is 7.46. The molecule has 0 radical (unpaired) electrons. The van der Waals surface area contributed by atoms with Gasteiger partial charge in [-0.25, -0.2) is 4.79 Å². The van der Waals surface area contributed by atoms with Crippen molar-refractivity contribution in [3.05, 3.63) is 58.0 Å². The van der Waals surface area contributed by atoms with Crippen LogP contribution in [0.15, 0.2) is 41.3 Å². The fourth-order valence-corrected chi connectivity index (χ4v) is 2.74. The van der Waals surface area contributed by atoms with Gasteiger partial charge in [0, 0.05) is 30.7 Å². The van der Waals surface area contributed by atoms with E-state index in [2.05, 4.69) is 4.90 Å². The van der Waals surface area contributed by atoms with Gasteiger partial charge in [-0.1, -0.05) is 0 Å². The van der Waals surface area contributed by atoms with Gasteiger partial charge in [0.1, 0.15) is 5.56 Å². The standard InChI is InChI=1S/C17H18N2O4/c1-12-6-7-19(16(20)15(12)17(21)22)14-4-2-13(3-5-14)18-8-10-23-11-9-18/h2-7H,8-11H2,1H3,(H,21,22). The molecule has 2 aromatic rings. The van der Waals surface area contributed by atoms with Crippen LogP contribution < -0.4 is 10.5 Å². The summed E-state index contributed by atoms with van der Waals surface area (Å²) in [5.41, 5.74) is 1.47. The Morgan fingerprint density at radius 1 is 1.09 bits per heavy atom. The number of hydrogen-bond donors (Lipinski definition) is 1. The zero-order valence-electron chi connectivity index (χ0n) is 12.9. The highest BCUT2D eigenvalue weighted by atomic mass is 16.5. The summed E-state index contributed by atoms with van der Waals surface area (Å²) in [6.07, 6.45) is 1.61. The zero-order valence-corrected chi connectivity index (χ0v) is 12.9. The summed E-state index contributed by atoms with van der Waals surface area (Å²) in [7, 11) is 0. The minimum atomic E-state index is -1.20. The van der Waals surface area contributed by atoms with E-state index in [1.165, 1.54) is 4.57 Å². The Morgan fingerprint density at radius 3 is 2.30 bits per heavy atom. The van der Waals surface area contributed by atoms with Crippen molar-refractivity contribution in [2.45, 2.75) is 6.92 Å². The van der Waals surface area contributed by atoms with Gasteiger partial charge in [0.05, 0.1) is 13.2 Å². The molecule has 1 N–H and O–H groups in total. The molecule has 0 bridgehead atoms. The lowest BCUT2D eigenvalue weighted by atomic mass is 10.1. The number of aryl methyl sites for hydroxylation is 1. The highest BCUT2D eigenvalue weighted by Gasteiger charge is 2.16. The topological polar surface area (TPSA) is 71.8 Å². The maximum absolute atomic E-state index is 12.4. The van der Waals surface area contributed by atoms with Crippen LogP contribution in [0, 0.1) is 6.92 Å². The second kappa shape index (κ2) is 6.26. The number of carboxylic acid groups (broad SMARTS) is 1. The first-order chi connectivity index (χ1) is 11.1. The monoisotopic (exact) mass is 314 g/mol. The third kappa shape index (κ3) is 2.98. The number of benzene rings is 1. The number of morpholine rings is 1. The van der Waals surface area contributed by atoms with Crippen molar-refractivity contribution in [1.82, 2.24) is 4.57 Å². The number of hydrogen-bond acceptors (Lipinski definition) is 4. The van der Waals surface area contributed by atoms with Gasteiger partial charge in [0.2, 0.25) is 0 Å². The fourth-order valence-electron chi connectivity index (χ4n) is 2.74. The molecule has 0 unspecified atom stereocenters. The Balaban J connectivity index is 1.95. The lowest BCUT2D eigenvalue weighted by Gasteiger charge is -2.29. The molecule has 6 heteroatoms. The molecule has 1 aromatic carbocycles. The van der Waals surface area contributed by atoms with E-state index in [0.29, 0.717) is 24.5 Å². The Labute approximate surface area is 133 Å². The number of carbonyl (C=O) groups is 1. The van der Waals surface area contributed by atoms with Crippen LogP contribution in [0.1, 0.15) is 15.9 Å². The molecule has 6 nitrogen and oxygen atoms in total. The van der Waals surface area contributed by atoms with Gasteiger partial charge in [-0.15, -0.1) is 0 Å². The highest BCUT2D eigenvalue weighted by Crippen LogP contribution is 2.18. The van der Waals surface area contributed by atoms with Crippen LogP contribution in [0.3, 0.4) is 0 Å². The van der Waals surface area contributed by atoms with Gasteiger partial charge in [-0.2, -0.15) is 0 Å². The number of ether oxygens (including phenoxy) is 1. The summed E-state index contributed by atoms with van der Waals surface area (Å²) in [4.78, 5) is 25.8. The molecule has 0 atom stereocenters. The minimum Gasteiger partial charge on any atom is -0.477 e. The molecule has 120 valence electrons.